The first-order valence-corrected chi connectivity index (χ1v) is 11.9. The van der Waals surface area contributed by atoms with Gasteiger partial charge >= 0.3 is 0 Å². The summed E-state index contributed by atoms with van der Waals surface area (Å²) in [5.74, 6) is 1.12. The highest BCUT2D eigenvalue weighted by atomic mass is 19.1. The van der Waals surface area contributed by atoms with Crippen molar-refractivity contribution in [2.75, 3.05) is 0 Å². The fourth-order valence-electron chi connectivity index (χ4n) is 4.74. The minimum Gasteiger partial charge on any atom is -0.348 e. The summed E-state index contributed by atoms with van der Waals surface area (Å²) in [5.41, 5.74) is 2.44. The van der Waals surface area contributed by atoms with Crippen molar-refractivity contribution in [2.24, 2.45) is 5.92 Å². The van der Waals surface area contributed by atoms with E-state index in [2.05, 4.69) is 25.5 Å². The summed E-state index contributed by atoms with van der Waals surface area (Å²) in [5, 5.41) is 12.8. The predicted molar refractivity (Wildman–Crippen MR) is 134 cm³/mol. The first-order chi connectivity index (χ1) is 17.7. The van der Waals surface area contributed by atoms with Crippen LogP contribution in [0.25, 0.3) is 28.0 Å². The number of nitrogens with zero attached hydrogens (tertiary/aromatic N) is 5. The fourth-order valence-corrected chi connectivity index (χ4v) is 4.74. The molecule has 1 aliphatic carbocycles. The van der Waals surface area contributed by atoms with E-state index in [1.165, 1.54) is 6.07 Å². The maximum atomic E-state index is 14.8. The number of nitrogens with one attached hydrogen (secondary N) is 1. The Kier molecular flexibility index (Phi) is 5.69. The predicted octanol–water partition coefficient (Wildman–Crippen LogP) is 4.77. The molecule has 5 aromatic rings. The highest BCUT2D eigenvalue weighted by Crippen LogP contribution is 2.33. The third-order valence-corrected chi connectivity index (χ3v) is 6.62. The van der Waals surface area contributed by atoms with Gasteiger partial charge in [-0.15, -0.1) is 10.2 Å². The van der Waals surface area contributed by atoms with Gasteiger partial charge in [-0.2, -0.15) is 0 Å². The molecular weight excluding hydrogens is 455 g/mol. The molecule has 178 valence electrons. The molecule has 1 fully saturated rings. The van der Waals surface area contributed by atoms with E-state index in [9.17, 15) is 9.18 Å². The topological polar surface area (TPSA) is 85.6 Å². The third-order valence-electron chi connectivity index (χ3n) is 6.62. The maximum Gasteiger partial charge on any atom is 0.270 e. The van der Waals surface area contributed by atoms with E-state index in [4.69, 9.17) is 0 Å². The molecule has 2 aromatic carbocycles. The second kappa shape index (κ2) is 9.30. The van der Waals surface area contributed by atoms with Crippen LogP contribution in [0.3, 0.4) is 0 Å². The minimum atomic E-state index is -0.326. The standard InChI is InChI=1S/C28H23FN6O/c29-22-8-4-5-9-25(22)35-26(33-34-27(35)19-6-2-1-3-7-19)16-18-14-21(15-18)31-28(36)24-11-10-20-17-30-13-12-23(20)32-24/h1-13,17-18,21H,14-16H2,(H,31,36). The van der Waals surface area contributed by atoms with Crippen molar-refractivity contribution in [1.82, 2.24) is 30.0 Å². The molecule has 0 bridgehead atoms. The van der Waals surface area contributed by atoms with Crippen LogP contribution in [0, 0.1) is 11.7 Å². The summed E-state index contributed by atoms with van der Waals surface area (Å²) in [6.07, 6.45) is 5.66. The van der Waals surface area contributed by atoms with Gasteiger partial charge in [0.15, 0.2) is 5.82 Å². The Bertz CT molecular complexity index is 1540. The van der Waals surface area contributed by atoms with Crippen LogP contribution < -0.4 is 5.32 Å². The molecule has 3 heterocycles. The summed E-state index contributed by atoms with van der Waals surface area (Å²) in [6, 6.07) is 21.8. The second-order valence-electron chi connectivity index (χ2n) is 9.07. The third kappa shape index (κ3) is 4.22. The van der Waals surface area contributed by atoms with Gasteiger partial charge in [0.25, 0.3) is 5.91 Å². The summed E-state index contributed by atoms with van der Waals surface area (Å²) >= 11 is 0. The molecule has 0 saturated heterocycles. The van der Waals surface area contributed by atoms with Gasteiger partial charge in [0.1, 0.15) is 17.3 Å². The molecule has 0 spiro atoms. The normalized spacial score (nSPS) is 17.0. The lowest BCUT2D eigenvalue weighted by Gasteiger charge is -2.35. The zero-order valence-electron chi connectivity index (χ0n) is 19.4. The molecule has 3 aromatic heterocycles. The monoisotopic (exact) mass is 478 g/mol. The highest BCUT2D eigenvalue weighted by Gasteiger charge is 2.33. The number of fused-ring (bicyclic) bond motifs is 1. The number of amides is 1. The van der Waals surface area contributed by atoms with Gasteiger partial charge in [-0.1, -0.05) is 42.5 Å². The van der Waals surface area contributed by atoms with Crippen LogP contribution in [0.5, 0.6) is 0 Å². The Balaban J connectivity index is 1.17. The van der Waals surface area contributed by atoms with E-state index in [0.717, 1.165) is 29.3 Å². The second-order valence-corrected chi connectivity index (χ2v) is 9.07. The molecule has 1 amide bonds. The number of hydrogen-bond acceptors (Lipinski definition) is 5. The van der Waals surface area contributed by atoms with Crippen LogP contribution in [0.2, 0.25) is 0 Å². The molecule has 8 heteroatoms. The van der Waals surface area contributed by atoms with E-state index in [-0.39, 0.29) is 17.8 Å². The average molecular weight is 479 g/mol. The summed E-state index contributed by atoms with van der Waals surface area (Å²) < 4.78 is 16.6. The molecule has 0 aliphatic heterocycles. The lowest BCUT2D eigenvalue weighted by molar-refractivity contribution is 0.0884. The first kappa shape index (κ1) is 22.0. The van der Waals surface area contributed by atoms with E-state index in [1.807, 2.05) is 47.0 Å². The van der Waals surface area contributed by atoms with Crippen molar-refractivity contribution in [3.8, 4) is 17.1 Å². The van der Waals surface area contributed by atoms with Crippen molar-refractivity contribution in [1.29, 1.82) is 0 Å². The van der Waals surface area contributed by atoms with Crippen LogP contribution in [0.4, 0.5) is 4.39 Å². The molecule has 7 nitrogen and oxygen atoms in total. The first-order valence-electron chi connectivity index (χ1n) is 11.9. The van der Waals surface area contributed by atoms with E-state index >= 15 is 0 Å². The quantitative estimate of drug-likeness (QED) is 0.380. The van der Waals surface area contributed by atoms with Crippen molar-refractivity contribution < 1.29 is 9.18 Å². The van der Waals surface area contributed by atoms with Crippen LogP contribution in [0.15, 0.2) is 85.2 Å². The van der Waals surface area contributed by atoms with Gasteiger partial charge in [-0.25, -0.2) is 9.37 Å². The van der Waals surface area contributed by atoms with Gasteiger partial charge in [-0.3, -0.25) is 14.3 Å². The van der Waals surface area contributed by atoms with Crippen molar-refractivity contribution in [3.63, 3.8) is 0 Å². The maximum absolute atomic E-state index is 14.8. The Morgan fingerprint density at radius 1 is 0.972 bits per heavy atom. The molecular formula is C28H23FN6O. The molecule has 1 aliphatic rings. The van der Waals surface area contributed by atoms with Crippen molar-refractivity contribution >= 4 is 16.8 Å². The average Bonchev–Trinajstić information content (AvgIpc) is 3.31. The smallest absolute Gasteiger partial charge is 0.270 e. The zero-order valence-corrected chi connectivity index (χ0v) is 19.4. The summed E-state index contributed by atoms with van der Waals surface area (Å²) in [7, 11) is 0. The van der Waals surface area contributed by atoms with Crippen LogP contribution in [-0.4, -0.2) is 36.7 Å². The van der Waals surface area contributed by atoms with E-state index in [0.29, 0.717) is 35.4 Å². The number of carbonyl (C=O) groups is 1. The van der Waals surface area contributed by atoms with Gasteiger partial charge < -0.3 is 5.32 Å². The van der Waals surface area contributed by atoms with Crippen LogP contribution in [0.1, 0.15) is 29.2 Å². The Morgan fingerprint density at radius 2 is 1.78 bits per heavy atom. The molecule has 0 radical (unpaired) electrons. The Hall–Kier alpha value is -4.46. The summed E-state index contributed by atoms with van der Waals surface area (Å²) in [4.78, 5) is 21.3. The van der Waals surface area contributed by atoms with Crippen molar-refractivity contribution in [3.05, 3.63) is 103 Å². The molecule has 0 atom stereocenters. The fraction of sp³-hybridized carbons (Fsp3) is 0.179. The molecule has 1 N–H and O–H groups in total. The molecule has 36 heavy (non-hydrogen) atoms. The largest absolute Gasteiger partial charge is 0.348 e. The van der Waals surface area contributed by atoms with Gasteiger partial charge in [-0.05, 0) is 49.1 Å². The number of hydrogen-bond donors (Lipinski definition) is 1. The number of para-hydroxylation sites is 1. The molecule has 0 unspecified atom stereocenters. The minimum absolute atomic E-state index is 0.0656. The Morgan fingerprint density at radius 3 is 2.61 bits per heavy atom. The number of pyridine rings is 2. The van der Waals surface area contributed by atoms with Gasteiger partial charge in [0, 0.05) is 35.8 Å². The van der Waals surface area contributed by atoms with E-state index < -0.39 is 0 Å². The zero-order chi connectivity index (χ0) is 24.5. The number of rotatable bonds is 6. The number of carbonyl (C=O) groups excluding carboxylic acids is 1. The lowest BCUT2D eigenvalue weighted by atomic mass is 9.78. The van der Waals surface area contributed by atoms with Crippen LogP contribution in [-0.2, 0) is 6.42 Å². The number of benzene rings is 2. The highest BCUT2D eigenvalue weighted by molar-refractivity contribution is 5.94. The van der Waals surface area contributed by atoms with Gasteiger partial charge in [0.2, 0.25) is 0 Å². The number of halogens is 1. The van der Waals surface area contributed by atoms with Gasteiger partial charge in [0.05, 0.1) is 11.2 Å². The Labute approximate surface area is 207 Å². The van der Waals surface area contributed by atoms with Crippen molar-refractivity contribution in [2.45, 2.75) is 25.3 Å². The lowest BCUT2D eigenvalue weighted by Crippen LogP contribution is -2.45. The number of aromatic nitrogens is 5. The SMILES string of the molecule is O=C(NC1CC(Cc2nnc(-c3ccccc3)n2-c2ccccc2F)C1)c1ccc2cnccc2n1. The van der Waals surface area contributed by atoms with E-state index in [1.54, 1.807) is 36.7 Å². The van der Waals surface area contributed by atoms with Crippen LogP contribution >= 0.6 is 0 Å². The summed E-state index contributed by atoms with van der Waals surface area (Å²) in [6.45, 7) is 0. The molecule has 1 saturated carbocycles. The molecule has 6 rings (SSSR count).